The number of amides is 1. The number of ether oxygens (including phenoxy) is 1. The van der Waals surface area contributed by atoms with Crippen LogP contribution in [-0.4, -0.2) is 19.6 Å². The van der Waals surface area contributed by atoms with Crippen molar-refractivity contribution in [1.82, 2.24) is 0 Å². The Morgan fingerprint density at radius 2 is 2.30 bits per heavy atom. The minimum Gasteiger partial charge on any atom is -0.384 e. The van der Waals surface area contributed by atoms with E-state index in [1.54, 1.807) is 20.1 Å². The summed E-state index contributed by atoms with van der Waals surface area (Å²) in [6.45, 7) is 2.32. The molecule has 0 aliphatic carbocycles. The Hall–Kier alpha value is -0.830. The molecule has 1 amide bonds. The molecule has 0 unspecified atom stereocenters. The molecule has 58 valence electrons. The lowest BCUT2D eigenvalue weighted by Gasteiger charge is -1.94. The van der Waals surface area contributed by atoms with Crippen LogP contribution in [0.5, 0.6) is 0 Å². The summed E-state index contributed by atoms with van der Waals surface area (Å²) in [5.74, 6) is -0.365. The highest BCUT2D eigenvalue weighted by atomic mass is 16.5. The fourth-order valence-corrected chi connectivity index (χ4v) is 0.494. The number of hydrogen-bond acceptors (Lipinski definition) is 2. The lowest BCUT2D eigenvalue weighted by atomic mass is 10.2. The number of rotatable bonds is 4. The van der Waals surface area contributed by atoms with Gasteiger partial charge < -0.3 is 10.5 Å². The Labute approximate surface area is 60.9 Å². The SMILES string of the molecule is COCCC=C(C)C(N)=O. The van der Waals surface area contributed by atoms with Gasteiger partial charge in [-0.15, -0.1) is 0 Å². The predicted octanol–water partition coefficient (Wildman–Crippen LogP) is 0.455. The van der Waals surface area contributed by atoms with Gasteiger partial charge in [0.15, 0.2) is 0 Å². The summed E-state index contributed by atoms with van der Waals surface area (Å²) in [6, 6.07) is 0. The van der Waals surface area contributed by atoms with Gasteiger partial charge in [0.25, 0.3) is 0 Å². The summed E-state index contributed by atoms with van der Waals surface area (Å²) >= 11 is 0. The van der Waals surface area contributed by atoms with Crippen LogP contribution in [0.1, 0.15) is 13.3 Å². The van der Waals surface area contributed by atoms with E-state index >= 15 is 0 Å². The molecule has 0 aromatic heterocycles. The first-order valence-electron chi connectivity index (χ1n) is 3.14. The molecule has 0 aliphatic rings. The van der Waals surface area contributed by atoms with Crippen molar-refractivity contribution in [1.29, 1.82) is 0 Å². The molecule has 0 fully saturated rings. The maximum atomic E-state index is 10.4. The number of primary amides is 1. The molecule has 0 heterocycles. The molecule has 0 aromatic rings. The van der Waals surface area contributed by atoms with E-state index in [4.69, 9.17) is 10.5 Å². The lowest BCUT2D eigenvalue weighted by Crippen LogP contribution is -2.11. The van der Waals surface area contributed by atoms with Gasteiger partial charge in [-0.3, -0.25) is 4.79 Å². The van der Waals surface area contributed by atoms with Crippen molar-refractivity contribution in [3.8, 4) is 0 Å². The molecule has 0 atom stereocenters. The topological polar surface area (TPSA) is 52.3 Å². The summed E-state index contributed by atoms with van der Waals surface area (Å²) in [5.41, 5.74) is 5.56. The number of carbonyl (C=O) groups excluding carboxylic acids is 1. The predicted molar refractivity (Wildman–Crippen MR) is 39.4 cm³/mol. The second-order valence-corrected chi connectivity index (χ2v) is 2.03. The molecule has 10 heavy (non-hydrogen) atoms. The molecule has 3 nitrogen and oxygen atoms in total. The van der Waals surface area contributed by atoms with E-state index in [0.29, 0.717) is 12.2 Å². The van der Waals surface area contributed by atoms with E-state index in [0.717, 1.165) is 6.42 Å². The van der Waals surface area contributed by atoms with Crippen molar-refractivity contribution in [2.24, 2.45) is 5.73 Å². The van der Waals surface area contributed by atoms with Crippen molar-refractivity contribution in [3.05, 3.63) is 11.6 Å². The molecule has 0 saturated carbocycles. The van der Waals surface area contributed by atoms with Crippen LogP contribution in [-0.2, 0) is 9.53 Å². The fraction of sp³-hybridized carbons (Fsp3) is 0.571. The maximum Gasteiger partial charge on any atom is 0.244 e. The molecular weight excluding hydrogens is 130 g/mol. The summed E-state index contributed by atoms with van der Waals surface area (Å²) in [6.07, 6.45) is 2.51. The summed E-state index contributed by atoms with van der Waals surface area (Å²) in [4.78, 5) is 10.4. The summed E-state index contributed by atoms with van der Waals surface area (Å²) in [5, 5.41) is 0. The third-order valence-electron chi connectivity index (χ3n) is 1.16. The molecule has 0 aliphatic heterocycles. The average molecular weight is 143 g/mol. The highest BCUT2D eigenvalue weighted by Gasteiger charge is 1.93. The second kappa shape index (κ2) is 4.99. The van der Waals surface area contributed by atoms with Gasteiger partial charge in [-0.1, -0.05) is 6.08 Å². The summed E-state index contributed by atoms with van der Waals surface area (Å²) < 4.78 is 4.78. The van der Waals surface area contributed by atoms with Gasteiger partial charge >= 0.3 is 0 Å². The first kappa shape index (κ1) is 9.17. The zero-order valence-electron chi connectivity index (χ0n) is 6.39. The third-order valence-corrected chi connectivity index (χ3v) is 1.16. The Morgan fingerprint density at radius 3 is 2.70 bits per heavy atom. The van der Waals surface area contributed by atoms with Gasteiger partial charge in [0.05, 0.1) is 0 Å². The fourth-order valence-electron chi connectivity index (χ4n) is 0.494. The van der Waals surface area contributed by atoms with Crippen LogP contribution in [0.2, 0.25) is 0 Å². The number of hydrogen-bond donors (Lipinski definition) is 1. The minimum absolute atomic E-state index is 0.365. The Morgan fingerprint density at radius 1 is 1.70 bits per heavy atom. The maximum absolute atomic E-state index is 10.4. The average Bonchev–Trinajstić information content (AvgIpc) is 1.88. The monoisotopic (exact) mass is 143 g/mol. The standard InChI is InChI=1S/C7H13NO2/c1-6(7(8)9)4-3-5-10-2/h4H,3,5H2,1-2H3,(H2,8,9). The zero-order chi connectivity index (χ0) is 7.98. The highest BCUT2D eigenvalue weighted by Crippen LogP contribution is 1.93. The van der Waals surface area contributed by atoms with E-state index in [2.05, 4.69) is 0 Å². The van der Waals surface area contributed by atoms with Crippen LogP contribution < -0.4 is 5.73 Å². The van der Waals surface area contributed by atoms with Crippen LogP contribution in [0.3, 0.4) is 0 Å². The summed E-state index contributed by atoms with van der Waals surface area (Å²) in [7, 11) is 1.62. The van der Waals surface area contributed by atoms with Gasteiger partial charge in [-0.05, 0) is 13.3 Å². The first-order chi connectivity index (χ1) is 4.68. The molecule has 0 bridgehead atoms. The van der Waals surface area contributed by atoms with Crippen LogP contribution >= 0.6 is 0 Å². The van der Waals surface area contributed by atoms with E-state index in [9.17, 15) is 4.79 Å². The van der Waals surface area contributed by atoms with Crippen LogP contribution in [0.4, 0.5) is 0 Å². The van der Waals surface area contributed by atoms with Gasteiger partial charge in [0, 0.05) is 19.3 Å². The van der Waals surface area contributed by atoms with Crippen LogP contribution in [0.25, 0.3) is 0 Å². The van der Waals surface area contributed by atoms with Crippen molar-refractivity contribution >= 4 is 5.91 Å². The largest absolute Gasteiger partial charge is 0.384 e. The molecular formula is C7H13NO2. The van der Waals surface area contributed by atoms with E-state index < -0.39 is 0 Å². The van der Waals surface area contributed by atoms with Gasteiger partial charge in [0.1, 0.15) is 0 Å². The van der Waals surface area contributed by atoms with Crippen molar-refractivity contribution in [3.63, 3.8) is 0 Å². The molecule has 0 rings (SSSR count). The van der Waals surface area contributed by atoms with E-state index in [1.165, 1.54) is 0 Å². The quantitative estimate of drug-likeness (QED) is 0.459. The molecule has 2 N–H and O–H groups in total. The van der Waals surface area contributed by atoms with Crippen molar-refractivity contribution in [2.75, 3.05) is 13.7 Å². The lowest BCUT2D eigenvalue weighted by molar-refractivity contribution is -0.114. The molecule has 0 radical (unpaired) electrons. The highest BCUT2D eigenvalue weighted by molar-refractivity contribution is 5.91. The number of methoxy groups -OCH3 is 1. The van der Waals surface area contributed by atoms with Gasteiger partial charge in [-0.2, -0.15) is 0 Å². The molecule has 0 saturated heterocycles. The molecule has 3 heteroatoms. The smallest absolute Gasteiger partial charge is 0.244 e. The molecule has 0 aromatic carbocycles. The Kier molecular flexibility index (Phi) is 4.58. The Bertz CT molecular complexity index is 141. The van der Waals surface area contributed by atoms with Gasteiger partial charge in [0.2, 0.25) is 5.91 Å². The second-order valence-electron chi connectivity index (χ2n) is 2.03. The minimum atomic E-state index is -0.365. The third kappa shape index (κ3) is 4.09. The zero-order valence-corrected chi connectivity index (χ0v) is 6.39. The van der Waals surface area contributed by atoms with Gasteiger partial charge in [-0.25, -0.2) is 0 Å². The number of nitrogens with two attached hydrogens (primary N) is 1. The van der Waals surface area contributed by atoms with E-state index in [-0.39, 0.29) is 5.91 Å². The Balaban J connectivity index is 3.58. The number of carbonyl (C=O) groups is 1. The molecule has 0 spiro atoms. The normalized spacial score (nSPS) is 11.6. The van der Waals surface area contributed by atoms with Crippen molar-refractivity contribution < 1.29 is 9.53 Å². The van der Waals surface area contributed by atoms with Crippen molar-refractivity contribution in [2.45, 2.75) is 13.3 Å². The van der Waals surface area contributed by atoms with Crippen LogP contribution in [0.15, 0.2) is 11.6 Å². The first-order valence-corrected chi connectivity index (χ1v) is 3.14. The van der Waals surface area contributed by atoms with E-state index in [1.807, 2.05) is 0 Å². The van der Waals surface area contributed by atoms with Crippen LogP contribution in [0, 0.1) is 0 Å².